The number of rotatable bonds is 5. The molecule has 0 fully saturated rings. The number of H-pyrrole nitrogens is 1. The smallest absolute Gasteiger partial charge is 0.313 e. The number of nitrogens with one attached hydrogen (secondary N) is 1. The number of hydrogen-bond donors (Lipinski definition) is 2. The minimum absolute atomic E-state index is 0.0354. The predicted molar refractivity (Wildman–Crippen MR) is 83.4 cm³/mol. The van der Waals surface area contributed by atoms with E-state index in [1.807, 2.05) is 30.3 Å². The average Bonchev–Trinajstić information content (AvgIpc) is 3.08. The van der Waals surface area contributed by atoms with Crippen molar-refractivity contribution >= 4 is 17.7 Å². The third kappa shape index (κ3) is 3.32. The number of hydrogen-bond acceptors (Lipinski definition) is 5. The molecule has 0 amide bonds. The summed E-state index contributed by atoms with van der Waals surface area (Å²) >= 11 is 1.15. The van der Waals surface area contributed by atoms with Crippen LogP contribution in [0.2, 0.25) is 0 Å². The first-order chi connectivity index (χ1) is 10.7. The fourth-order valence-electron chi connectivity index (χ4n) is 1.96. The Bertz CT molecular complexity index is 790. The summed E-state index contributed by atoms with van der Waals surface area (Å²) in [6.45, 7) is 0. The summed E-state index contributed by atoms with van der Waals surface area (Å²) in [5, 5.41) is 16.2. The van der Waals surface area contributed by atoms with Crippen molar-refractivity contribution in [2.75, 3.05) is 5.75 Å². The molecular weight excluding hydrogens is 300 g/mol. The molecular formula is C15H12N4O2S. The largest absolute Gasteiger partial charge is 0.481 e. The summed E-state index contributed by atoms with van der Waals surface area (Å²) in [6, 6.07) is 9.74. The average molecular weight is 312 g/mol. The Morgan fingerprint density at radius 2 is 2.09 bits per heavy atom. The van der Waals surface area contributed by atoms with Gasteiger partial charge in [-0.1, -0.05) is 30.0 Å². The fraction of sp³-hybridized carbons (Fsp3) is 0.0667. The molecule has 2 heterocycles. The van der Waals surface area contributed by atoms with Crippen molar-refractivity contribution in [1.82, 2.24) is 20.2 Å². The van der Waals surface area contributed by atoms with Gasteiger partial charge in [0, 0.05) is 17.3 Å². The number of carboxylic acids is 1. The lowest BCUT2D eigenvalue weighted by molar-refractivity contribution is -0.133. The van der Waals surface area contributed by atoms with Gasteiger partial charge < -0.3 is 5.11 Å². The molecule has 0 unspecified atom stereocenters. The zero-order valence-corrected chi connectivity index (χ0v) is 12.2. The lowest BCUT2D eigenvalue weighted by atomic mass is 10.1. The van der Waals surface area contributed by atoms with Crippen molar-refractivity contribution in [3.05, 3.63) is 48.9 Å². The van der Waals surface area contributed by atoms with Crippen molar-refractivity contribution < 1.29 is 9.90 Å². The zero-order valence-electron chi connectivity index (χ0n) is 11.4. The van der Waals surface area contributed by atoms with E-state index in [0.717, 1.165) is 28.6 Å². The molecule has 3 aromatic rings. The van der Waals surface area contributed by atoms with Crippen LogP contribution >= 0.6 is 11.8 Å². The van der Waals surface area contributed by atoms with Crippen LogP contribution in [0, 0.1) is 0 Å². The highest BCUT2D eigenvalue weighted by Crippen LogP contribution is 2.25. The highest BCUT2D eigenvalue weighted by Gasteiger charge is 2.07. The van der Waals surface area contributed by atoms with E-state index in [4.69, 9.17) is 5.11 Å². The van der Waals surface area contributed by atoms with E-state index >= 15 is 0 Å². The van der Waals surface area contributed by atoms with Gasteiger partial charge in [0.2, 0.25) is 0 Å². The topological polar surface area (TPSA) is 91.8 Å². The molecule has 1 aromatic carbocycles. The second kappa shape index (κ2) is 6.40. The van der Waals surface area contributed by atoms with Gasteiger partial charge >= 0.3 is 5.97 Å². The second-order valence-electron chi connectivity index (χ2n) is 4.48. The molecule has 6 nitrogen and oxygen atoms in total. The molecule has 0 radical (unpaired) electrons. The third-order valence-electron chi connectivity index (χ3n) is 2.93. The molecule has 2 N–H and O–H groups in total. The molecule has 0 aliphatic carbocycles. The summed E-state index contributed by atoms with van der Waals surface area (Å²) < 4.78 is 0. The Morgan fingerprint density at radius 3 is 2.86 bits per heavy atom. The van der Waals surface area contributed by atoms with E-state index in [9.17, 15) is 4.79 Å². The Labute approximate surface area is 130 Å². The lowest BCUT2D eigenvalue weighted by Crippen LogP contribution is -1.98. The van der Waals surface area contributed by atoms with Crippen LogP contribution in [0.3, 0.4) is 0 Å². The van der Waals surface area contributed by atoms with Gasteiger partial charge in [-0.05, 0) is 12.1 Å². The number of aromatic nitrogens is 4. The van der Waals surface area contributed by atoms with Gasteiger partial charge in [0.25, 0.3) is 0 Å². The molecule has 0 spiro atoms. The molecule has 22 heavy (non-hydrogen) atoms. The number of carboxylic acid groups (broad SMARTS) is 1. The molecule has 0 saturated carbocycles. The Morgan fingerprint density at radius 1 is 1.23 bits per heavy atom. The summed E-state index contributed by atoms with van der Waals surface area (Å²) in [7, 11) is 0. The van der Waals surface area contributed by atoms with Crippen LogP contribution < -0.4 is 0 Å². The minimum Gasteiger partial charge on any atom is -0.481 e. The molecule has 2 aromatic heterocycles. The SMILES string of the molecule is O=C(O)CSc1cncc(-c2cccc(-c3ccn[nH]3)c2)n1. The highest BCUT2D eigenvalue weighted by atomic mass is 32.2. The van der Waals surface area contributed by atoms with Gasteiger partial charge in [-0.15, -0.1) is 0 Å². The Balaban J connectivity index is 1.89. The van der Waals surface area contributed by atoms with Gasteiger partial charge in [-0.2, -0.15) is 5.10 Å². The van der Waals surface area contributed by atoms with E-state index in [1.165, 1.54) is 0 Å². The van der Waals surface area contributed by atoms with E-state index in [1.54, 1.807) is 18.6 Å². The quantitative estimate of drug-likeness (QED) is 0.704. The minimum atomic E-state index is -0.876. The van der Waals surface area contributed by atoms with Crippen molar-refractivity contribution in [1.29, 1.82) is 0 Å². The van der Waals surface area contributed by atoms with Crippen molar-refractivity contribution in [3.8, 4) is 22.5 Å². The monoisotopic (exact) mass is 312 g/mol. The fourth-order valence-corrected chi connectivity index (χ4v) is 2.52. The number of benzene rings is 1. The molecule has 0 saturated heterocycles. The maximum Gasteiger partial charge on any atom is 0.313 e. The van der Waals surface area contributed by atoms with Crippen LogP contribution in [0.15, 0.2) is 53.9 Å². The van der Waals surface area contributed by atoms with Crippen LogP contribution in [0.5, 0.6) is 0 Å². The summed E-state index contributed by atoms with van der Waals surface area (Å²) in [6.07, 6.45) is 4.93. The molecule has 0 aliphatic heterocycles. The molecule has 0 bridgehead atoms. The maximum atomic E-state index is 10.6. The highest BCUT2D eigenvalue weighted by molar-refractivity contribution is 7.99. The van der Waals surface area contributed by atoms with Gasteiger partial charge in [0.05, 0.1) is 29.5 Å². The van der Waals surface area contributed by atoms with Gasteiger partial charge in [0.15, 0.2) is 0 Å². The van der Waals surface area contributed by atoms with Crippen LogP contribution in [0.25, 0.3) is 22.5 Å². The number of aromatic amines is 1. The first-order valence-electron chi connectivity index (χ1n) is 6.49. The predicted octanol–water partition coefficient (Wildman–Crippen LogP) is 2.71. The van der Waals surface area contributed by atoms with Crippen molar-refractivity contribution in [2.24, 2.45) is 0 Å². The number of nitrogens with zero attached hydrogens (tertiary/aromatic N) is 3. The number of aliphatic carboxylic acids is 1. The second-order valence-corrected chi connectivity index (χ2v) is 5.47. The van der Waals surface area contributed by atoms with Crippen LogP contribution in [-0.2, 0) is 4.79 Å². The Hall–Kier alpha value is -2.67. The normalized spacial score (nSPS) is 10.5. The van der Waals surface area contributed by atoms with Crippen LogP contribution in [0.1, 0.15) is 0 Å². The molecule has 3 rings (SSSR count). The van der Waals surface area contributed by atoms with E-state index < -0.39 is 5.97 Å². The third-order valence-corrected chi connectivity index (χ3v) is 3.81. The molecule has 0 aliphatic rings. The number of carbonyl (C=O) groups is 1. The molecule has 0 atom stereocenters. The molecule has 7 heteroatoms. The summed E-state index contributed by atoms with van der Waals surface area (Å²) in [5.74, 6) is -0.912. The van der Waals surface area contributed by atoms with Gasteiger partial charge in [0.1, 0.15) is 5.03 Å². The first-order valence-corrected chi connectivity index (χ1v) is 7.48. The van der Waals surface area contributed by atoms with E-state index in [2.05, 4.69) is 20.2 Å². The van der Waals surface area contributed by atoms with E-state index in [-0.39, 0.29) is 5.75 Å². The van der Waals surface area contributed by atoms with Crippen molar-refractivity contribution in [2.45, 2.75) is 5.03 Å². The zero-order chi connectivity index (χ0) is 15.4. The van der Waals surface area contributed by atoms with Gasteiger partial charge in [-0.25, -0.2) is 4.98 Å². The van der Waals surface area contributed by atoms with Crippen molar-refractivity contribution in [3.63, 3.8) is 0 Å². The van der Waals surface area contributed by atoms with Crippen LogP contribution in [-0.4, -0.2) is 37.0 Å². The Kier molecular flexibility index (Phi) is 4.15. The standard InChI is InChI=1S/C15H12N4O2S/c20-15(21)9-22-14-8-16-7-13(18-14)11-3-1-2-10(6-11)12-4-5-17-19-12/h1-8H,9H2,(H,17,19)(H,20,21). The van der Waals surface area contributed by atoms with Crippen LogP contribution in [0.4, 0.5) is 0 Å². The molecule has 110 valence electrons. The number of thioether (sulfide) groups is 1. The van der Waals surface area contributed by atoms with Gasteiger partial charge in [-0.3, -0.25) is 14.9 Å². The summed E-state index contributed by atoms with van der Waals surface area (Å²) in [5.41, 5.74) is 3.54. The summed E-state index contributed by atoms with van der Waals surface area (Å²) in [4.78, 5) is 19.2. The van der Waals surface area contributed by atoms with E-state index in [0.29, 0.717) is 10.7 Å². The lowest BCUT2D eigenvalue weighted by Gasteiger charge is -2.05. The maximum absolute atomic E-state index is 10.6. The first kappa shape index (κ1) is 14.3.